The fourth-order valence-electron chi connectivity index (χ4n) is 4.26. The van der Waals surface area contributed by atoms with Crippen LogP contribution in [0.5, 0.6) is 0 Å². The van der Waals surface area contributed by atoms with Crippen LogP contribution in [-0.2, 0) is 14.3 Å². The Balaban J connectivity index is 1.22. The molecule has 1 aromatic carbocycles. The highest BCUT2D eigenvalue weighted by Gasteiger charge is 2.34. The number of unbranched alkanes of at least 4 members (excludes halogenated alkanes) is 1. The van der Waals surface area contributed by atoms with Crippen LogP contribution in [0.1, 0.15) is 35.7 Å². The van der Waals surface area contributed by atoms with E-state index in [2.05, 4.69) is 22.0 Å². The second-order valence-electron chi connectivity index (χ2n) is 9.16. The Morgan fingerprint density at radius 1 is 1.08 bits per heavy atom. The van der Waals surface area contributed by atoms with Crippen LogP contribution in [0, 0.1) is 5.41 Å². The van der Waals surface area contributed by atoms with E-state index in [1.807, 2.05) is 0 Å². The Bertz CT molecular complexity index is 1080. The van der Waals surface area contributed by atoms with E-state index >= 15 is 0 Å². The highest BCUT2D eigenvalue weighted by Crippen LogP contribution is 2.23. The van der Waals surface area contributed by atoms with Crippen molar-refractivity contribution >= 4 is 29.5 Å². The molecule has 3 heterocycles. The zero-order chi connectivity index (χ0) is 26.2. The highest BCUT2D eigenvalue weighted by atomic mass is 16.6. The maximum Gasteiger partial charge on any atom is 0.414 e. The Labute approximate surface area is 215 Å². The number of amidine groups is 1. The standard InChI is InChI=1S/C26H33N5O6/c1-2-3-13-36-23(32)17-30-11-9-29(10-12-30)15-22-16-31(26(34)37-22)21-6-4-19(5-7-21)24(27)28-25(33)20-8-14-35-18-20/h4-8,14,18,22H,2-3,9-13,15-17H2,1H3,(H2,27,28,33). The number of amides is 2. The Morgan fingerprint density at radius 2 is 1.81 bits per heavy atom. The number of nitrogens with one attached hydrogen (secondary N) is 2. The summed E-state index contributed by atoms with van der Waals surface area (Å²) in [6.45, 7) is 7.00. The molecule has 1 aromatic heterocycles. The third kappa shape index (κ3) is 7.17. The van der Waals surface area contributed by atoms with Crippen molar-refractivity contribution in [2.24, 2.45) is 0 Å². The van der Waals surface area contributed by atoms with Gasteiger partial charge in [0.05, 0.1) is 31.5 Å². The first-order valence-electron chi connectivity index (χ1n) is 12.5. The lowest BCUT2D eigenvalue weighted by Crippen LogP contribution is -2.50. The van der Waals surface area contributed by atoms with Gasteiger partial charge in [-0.25, -0.2) is 4.79 Å². The van der Waals surface area contributed by atoms with Gasteiger partial charge in [-0.05, 0) is 36.8 Å². The van der Waals surface area contributed by atoms with Crippen molar-refractivity contribution in [2.75, 3.05) is 57.3 Å². The Kier molecular flexibility index (Phi) is 8.91. The van der Waals surface area contributed by atoms with Gasteiger partial charge in [0.1, 0.15) is 18.2 Å². The number of cyclic esters (lactones) is 1. The van der Waals surface area contributed by atoms with Crippen LogP contribution in [0.3, 0.4) is 0 Å². The van der Waals surface area contributed by atoms with Crippen molar-refractivity contribution in [3.05, 3.63) is 54.0 Å². The minimum Gasteiger partial charge on any atom is -0.472 e. The van der Waals surface area contributed by atoms with Gasteiger partial charge in [-0.3, -0.25) is 29.7 Å². The maximum atomic E-state index is 12.5. The first kappa shape index (κ1) is 26.4. The largest absolute Gasteiger partial charge is 0.472 e. The van der Waals surface area contributed by atoms with Crippen molar-refractivity contribution in [1.82, 2.24) is 15.1 Å². The quantitative estimate of drug-likeness (QED) is 0.215. The second kappa shape index (κ2) is 12.5. The van der Waals surface area contributed by atoms with Crippen LogP contribution in [0.15, 0.2) is 47.3 Å². The number of ether oxygens (including phenoxy) is 2. The number of carbonyl (C=O) groups is 3. The van der Waals surface area contributed by atoms with Crippen molar-refractivity contribution in [3.63, 3.8) is 0 Å². The minimum atomic E-state index is -0.429. The van der Waals surface area contributed by atoms with E-state index < -0.39 is 12.0 Å². The summed E-state index contributed by atoms with van der Waals surface area (Å²) in [6, 6.07) is 8.35. The molecule has 2 saturated heterocycles. The number of hydrogen-bond donors (Lipinski definition) is 2. The molecule has 4 rings (SSSR count). The Morgan fingerprint density at radius 3 is 2.49 bits per heavy atom. The SMILES string of the molecule is CCCCOC(=O)CN1CCN(CC2CN(c3ccc(C(=N)NC(=O)c4ccoc4)cc3)C(=O)O2)CC1. The highest BCUT2D eigenvalue weighted by molar-refractivity contribution is 6.11. The maximum absolute atomic E-state index is 12.5. The van der Waals surface area contributed by atoms with Gasteiger partial charge >= 0.3 is 12.1 Å². The molecule has 11 heteroatoms. The summed E-state index contributed by atoms with van der Waals surface area (Å²) < 4.78 is 15.7. The van der Waals surface area contributed by atoms with Crippen molar-refractivity contribution in [2.45, 2.75) is 25.9 Å². The summed E-state index contributed by atoms with van der Waals surface area (Å²) in [7, 11) is 0. The molecule has 2 aromatic rings. The Hall–Kier alpha value is -3.70. The van der Waals surface area contributed by atoms with E-state index in [4.69, 9.17) is 19.3 Å². The molecular weight excluding hydrogens is 478 g/mol. The number of piperazine rings is 1. The summed E-state index contributed by atoms with van der Waals surface area (Å²) in [6.07, 6.45) is 3.92. The smallest absolute Gasteiger partial charge is 0.414 e. The number of anilines is 1. The molecule has 2 aliphatic heterocycles. The number of nitrogens with zero attached hydrogens (tertiary/aromatic N) is 3. The van der Waals surface area contributed by atoms with Crippen molar-refractivity contribution in [1.29, 1.82) is 5.41 Å². The molecule has 2 amide bonds. The number of esters is 1. The van der Waals surface area contributed by atoms with Crippen LogP contribution < -0.4 is 10.2 Å². The zero-order valence-corrected chi connectivity index (χ0v) is 21.0. The minimum absolute atomic E-state index is 0.0482. The van der Waals surface area contributed by atoms with Crippen molar-refractivity contribution in [3.8, 4) is 0 Å². The molecule has 0 aliphatic carbocycles. The molecule has 0 bridgehead atoms. The van der Waals surface area contributed by atoms with E-state index in [9.17, 15) is 14.4 Å². The van der Waals surface area contributed by atoms with E-state index in [0.29, 0.717) is 43.1 Å². The molecular formula is C26H33N5O6. The predicted octanol–water partition coefficient (Wildman–Crippen LogP) is 2.32. The molecule has 37 heavy (non-hydrogen) atoms. The lowest BCUT2D eigenvalue weighted by Gasteiger charge is -2.34. The molecule has 2 fully saturated rings. The van der Waals surface area contributed by atoms with Gasteiger partial charge in [0.25, 0.3) is 5.91 Å². The molecule has 2 N–H and O–H groups in total. The number of benzene rings is 1. The number of rotatable bonds is 10. The van der Waals surface area contributed by atoms with Crippen LogP contribution in [-0.4, -0.2) is 92.1 Å². The molecule has 0 spiro atoms. The van der Waals surface area contributed by atoms with E-state index in [0.717, 1.165) is 39.0 Å². The summed E-state index contributed by atoms with van der Waals surface area (Å²) >= 11 is 0. The fraction of sp³-hybridized carbons (Fsp3) is 0.462. The first-order valence-corrected chi connectivity index (χ1v) is 12.5. The van der Waals surface area contributed by atoms with Crippen LogP contribution in [0.25, 0.3) is 0 Å². The molecule has 0 saturated carbocycles. The van der Waals surface area contributed by atoms with Crippen molar-refractivity contribution < 1.29 is 28.3 Å². The lowest BCUT2D eigenvalue weighted by molar-refractivity contribution is -0.145. The normalized spacial score (nSPS) is 18.5. The average molecular weight is 512 g/mol. The zero-order valence-electron chi connectivity index (χ0n) is 21.0. The molecule has 198 valence electrons. The summed E-state index contributed by atoms with van der Waals surface area (Å²) in [5.41, 5.74) is 1.51. The third-order valence-electron chi connectivity index (χ3n) is 6.40. The molecule has 11 nitrogen and oxygen atoms in total. The predicted molar refractivity (Wildman–Crippen MR) is 136 cm³/mol. The first-order chi connectivity index (χ1) is 17.9. The van der Waals surface area contributed by atoms with Gasteiger partial charge in [0.2, 0.25) is 0 Å². The van der Waals surface area contributed by atoms with E-state index in [1.54, 1.807) is 29.2 Å². The number of carbonyl (C=O) groups excluding carboxylic acids is 3. The van der Waals surface area contributed by atoms with Crippen LogP contribution in [0.2, 0.25) is 0 Å². The van der Waals surface area contributed by atoms with Gasteiger partial charge in [0.15, 0.2) is 0 Å². The summed E-state index contributed by atoms with van der Waals surface area (Å²) in [5.74, 6) is -0.654. The van der Waals surface area contributed by atoms with E-state index in [-0.39, 0.29) is 17.9 Å². The topological polar surface area (TPSA) is 128 Å². The van der Waals surface area contributed by atoms with Gasteiger partial charge in [-0.1, -0.05) is 13.3 Å². The average Bonchev–Trinajstić information content (AvgIpc) is 3.56. The summed E-state index contributed by atoms with van der Waals surface area (Å²) in [5, 5.41) is 10.7. The summed E-state index contributed by atoms with van der Waals surface area (Å²) in [4.78, 5) is 42.5. The van der Waals surface area contributed by atoms with Gasteiger partial charge in [-0.2, -0.15) is 0 Å². The number of hydrogen-bond acceptors (Lipinski definition) is 9. The number of furan rings is 1. The molecule has 0 radical (unpaired) electrons. The molecule has 1 unspecified atom stereocenters. The fourth-order valence-corrected chi connectivity index (χ4v) is 4.26. The molecule has 1 atom stereocenters. The van der Waals surface area contributed by atoms with E-state index in [1.165, 1.54) is 18.6 Å². The van der Waals surface area contributed by atoms with Gasteiger partial charge in [0, 0.05) is 44.0 Å². The van der Waals surface area contributed by atoms with Crippen LogP contribution in [0.4, 0.5) is 10.5 Å². The molecule has 2 aliphatic rings. The van der Waals surface area contributed by atoms with Crippen LogP contribution >= 0.6 is 0 Å². The second-order valence-corrected chi connectivity index (χ2v) is 9.16. The van der Waals surface area contributed by atoms with Gasteiger partial charge < -0.3 is 19.2 Å². The lowest BCUT2D eigenvalue weighted by atomic mass is 10.1. The third-order valence-corrected chi connectivity index (χ3v) is 6.40. The van der Waals surface area contributed by atoms with Gasteiger partial charge in [-0.15, -0.1) is 0 Å². The monoisotopic (exact) mass is 511 g/mol.